The molecule has 1 nitrogen and oxygen atoms in total. The van der Waals surface area contributed by atoms with Crippen LogP contribution < -0.4 is 0 Å². The predicted molar refractivity (Wildman–Crippen MR) is 46.5 cm³/mol. The maximum Gasteiger partial charge on any atom is 0.110 e. The Morgan fingerprint density at radius 2 is 2.45 bits per heavy atom. The van der Waals surface area contributed by atoms with Crippen LogP contribution in [0.15, 0.2) is 47.6 Å². The minimum atomic E-state index is 0.336. The van der Waals surface area contributed by atoms with Crippen molar-refractivity contribution in [2.24, 2.45) is 0 Å². The van der Waals surface area contributed by atoms with Crippen molar-refractivity contribution in [2.45, 2.75) is 12.8 Å². The van der Waals surface area contributed by atoms with Crippen molar-refractivity contribution in [3.63, 3.8) is 0 Å². The molecular weight excluding hydrogens is 136 g/mol. The van der Waals surface area contributed by atoms with Crippen LogP contribution in [0.5, 0.6) is 0 Å². The van der Waals surface area contributed by atoms with Gasteiger partial charge in [0, 0.05) is 5.92 Å². The Kier molecular flexibility index (Phi) is 2.73. The van der Waals surface area contributed by atoms with E-state index >= 15 is 0 Å². The molecule has 0 N–H and O–H groups in total. The Bertz CT molecular complexity index is 231. The number of rotatable bonds is 3. The highest BCUT2D eigenvalue weighted by Gasteiger charge is 2.01. The molecule has 0 spiro atoms. The van der Waals surface area contributed by atoms with Gasteiger partial charge in [0.1, 0.15) is 5.76 Å². The van der Waals surface area contributed by atoms with Gasteiger partial charge in [0.15, 0.2) is 0 Å². The van der Waals surface area contributed by atoms with Crippen molar-refractivity contribution in [1.82, 2.24) is 0 Å². The Balaban J connectivity index is 2.62. The summed E-state index contributed by atoms with van der Waals surface area (Å²) in [5, 5.41) is 0. The molecular formula is C10H12O. The molecule has 0 radical (unpaired) electrons. The van der Waals surface area contributed by atoms with Gasteiger partial charge in [0.2, 0.25) is 0 Å². The average molecular weight is 148 g/mol. The van der Waals surface area contributed by atoms with Crippen LogP contribution in [0.25, 0.3) is 0 Å². The average Bonchev–Trinajstić information content (AvgIpc) is 2.52. The molecule has 0 aromatic carbocycles. The smallest absolute Gasteiger partial charge is 0.110 e. The lowest BCUT2D eigenvalue weighted by molar-refractivity contribution is 0.499. The minimum absolute atomic E-state index is 0.336. The molecule has 1 atom stereocenters. The molecule has 1 aromatic heterocycles. The van der Waals surface area contributed by atoms with Gasteiger partial charge in [0.25, 0.3) is 0 Å². The van der Waals surface area contributed by atoms with E-state index < -0.39 is 0 Å². The number of furan rings is 1. The fourth-order valence-electron chi connectivity index (χ4n) is 0.890. The monoisotopic (exact) mass is 148 g/mol. The molecule has 0 aliphatic heterocycles. The van der Waals surface area contributed by atoms with Crippen LogP contribution >= 0.6 is 0 Å². The fourth-order valence-corrected chi connectivity index (χ4v) is 0.890. The third-order valence-corrected chi connectivity index (χ3v) is 1.53. The second-order valence-corrected chi connectivity index (χ2v) is 2.42. The van der Waals surface area contributed by atoms with Gasteiger partial charge < -0.3 is 4.42 Å². The summed E-state index contributed by atoms with van der Waals surface area (Å²) >= 11 is 0. The highest BCUT2D eigenvalue weighted by Crippen LogP contribution is 2.16. The molecule has 1 heterocycles. The Morgan fingerprint density at radius 3 is 3.00 bits per heavy atom. The van der Waals surface area contributed by atoms with E-state index in [1.165, 1.54) is 0 Å². The van der Waals surface area contributed by atoms with Gasteiger partial charge in [-0.15, -0.1) is 0 Å². The topological polar surface area (TPSA) is 13.1 Å². The van der Waals surface area contributed by atoms with E-state index in [1.807, 2.05) is 24.3 Å². The van der Waals surface area contributed by atoms with Crippen LogP contribution in [-0.2, 0) is 0 Å². The number of allylic oxidation sites excluding steroid dienone is 3. The van der Waals surface area contributed by atoms with Gasteiger partial charge in [0.05, 0.1) is 6.26 Å². The Hall–Kier alpha value is -1.24. The molecule has 0 unspecified atom stereocenters. The van der Waals surface area contributed by atoms with Crippen molar-refractivity contribution in [2.75, 3.05) is 0 Å². The molecule has 0 saturated heterocycles. The first-order valence-electron chi connectivity index (χ1n) is 3.67. The summed E-state index contributed by atoms with van der Waals surface area (Å²) in [6, 6.07) is 3.87. The third-order valence-electron chi connectivity index (χ3n) is 1.53. The number of hydrogen-bond acceptors (Lipinski definition) is 1. The molecule has 1 rings (SSSR count). The van der Waals surface area contributed by atoms with Crippen molar-refractivity contribution >= 4 is 0 Å². The molecule has 0 aliphatic carbocycles. The number of hydrogen-bond donors (Lipinski definition) is 0. The zero-order valence-electron chi connectivity index (χ0n) is 6.66. The SMILES string of the molecule is C=C/C=C/[C@@H](C)c1ccco1. The highest BCUT2D eigenvalue weighted by molar-refractivity contribution is 5.13. The van der Waals surface area contributed by atoms with Gasteiger partial charge >= 0.3 is 0 Å². The second kappa shape index (κ2) is 3.81. The molecule has 0 amide bonds. The third kappa shape index (κ3) is 2.11. The van der Waals surface area contributed by atoms with Crippen LogP contribution in [0.2, 0.25) is 0 Å². The molecule has 0 bridgehead atoms. The van der Waals surface area contributed by atoms with E-state index in [2.05, 4.69) is 13.5 Å². The predicted octanol–water partition coefficient (Wildman–Crippen LogP) is 3.13. The summed E-state index contributed by atoms with van der Waals surface area (Å²) in [7, 11) is 0. The molecule has 0 fully saturated rings. The molecule has 1 heteroatoms. The fraction of sp³-hybridized carbons (Fsp3) is 0.200. The van der Waals surface area contributed by atoms with Gasteiger partial charge in [-0.25, -0.2) is 0 Å². The van der Waals surface area contributed by atoms with Crippen molar-refractivity contribution in [1.29, 1.82) is 0 Å². The van der Waals surface area contributed by atoms with E-state index in [0.717, 1.165) is 5.76 Å². The molecule has 1 aromatic rings. The molecule has 58 valence electrons. The maximum atomic E-state index is 5.21. The minimum Gasteiger partial charge on any atom is -0.469 e. The lowest BCUT2D eigenvalue weighted by Gasteiger charge is -1.98. The molecule has 11 heavy (non-hydrogen) atoms. The van der Waals surface area contributed by atoms with Gasteiger partial charge in [-0.2, -0.15) is 0 Å². The van der Waals surface area contributed by atoms with Crippen LogP contribution in [0.1, 0.15) is 18.6 Å². The summed E-state index contributed by atoms with van der Waals surface area (Å²) < 4.78 is 5.21. The van der Waals surface area contributed by atoms with E-state index in [9.17, 15) is 0 Å². The van der Waals surface area contributed by atoms with Gasteiger partial charge in [-0.05, 0) is 12.1 Å². The first kappa shape index (κ1) is 7.86. The summed E-state index contributed by atoms with van der Waals surface area (Å²) in [5.74, 6) is 1.33. The van der Waals surface area contributed by atoms with E-state index in [-0.39, 0.29) is 0 Å². The van der Waals surface area contributed by atoms with Crippen LogP contribution in [0.3, 0.4) is 0 Å². The van der Waals surface area contributed by atoms with Crippen LogP contribution in [-0.4, -0.2) is 0 Å². The Morgan fingerprint density at radius 1 is 1.64 bits per heavy atom. The largest absolute Gasteiger partial charge is 0.469 e. The van der Waals surface area contributed by atoms with Crippen LogP contribution in [0.4, 0.5) is 0 Å². The summed E-state index contributed by atoms with van der Waals surface area (Å²) in [6.07, 6.45) is 7.42. The standard InChI is InChI=1S/C10H12O/c1-3-4-6-9(2)10-7-5-8-11-10/h3-9H,1H2,2H3/b6-4+/t9-/m1/s1. The van der Waals surface area contributed by atoms with Crippen molar-refractivity contribution in [3.05, 3.63) is 49.0 Å². The zero-order chi connectivity index (χ0) is 8.10. The summed E-state index contributed by atoms with van der Waals surface area (Å²) in [6.45, 7) is 5.68. The molecule has 0 saturated carbocycles. The van der Waals surface area contributed by atoms with Gasteiger partial charge in [-0.1, -0.05) is 31.7 Å². The maximum absolute atomic E-state index is 5.21. The lowest BCUT2D eigenvalue weighted by Crippen LogP contribution is -1.83. The van der Waals surface area contributed by atoms with E-state index in [0.29, 0.717) is 5.92 Å². The zero-order valence-corrected chi connectivity index (χ0v) is 6.66. The normalized spacial score (nSPS) is 13.5. The van der Waals surface area contributed by atoms with E-state index in [4.69, 9.17) is 4.42 Å². The lowest BCUT2D eigenvalue weighted by atomic mass is 10.1. The van der Waals surface area contributed by atoms with Crippen molar-refractivity contribution < 1.29 is 4.42 Å². The second-order valence-electron chi connectivity index (χ2n) is 2.42. The molecule has 0 aliphatic rings. The first-order chi connectivity index (χ1) is 5.34. The highest BCUT2D eigenvalue weighted by atomic mass is 16.3. The Labute approximate surface area is 67.0 Å². The van der Waals surface area contributed by atoms with Crippen molar-refractivity contribution in [3.8, 4) is 0 Å². The quantitative estimate of drug-likeness (QED) is 0.600. The summed E-state index contributed by atoms with van der Waals surface area (Å²) in [5.41, 5.74) is 0. The van der Waals surface area contributed by atoms with Gasteiger partial charge in [-0.3, -0.25) is 0 Å². The summed E-state index contributed by atoms with van der Waals surface area (Å²) in [4.78, 5) is 0. The van der Waals surface area contributed by atoms with Crippen LogP contribution in [0, 0.1) is 0 Å². The van der Waals surface area contributed by atoms with E-state index in [1.54, 1.807) is 12.3 Å². The first-order valence-corrected chi connectivity index (χ1v) is 3.67.